The van der Waals surface area contributed by atoms with Crippen LogP contribution >= 0.6 is 11.6 Å². The summed E-state index contributed by atoms with van der Waals surface area (Å²) in [4.78, 5) is 35.0. The Kier molecular flexibility index (Phi) is 9.64. The maximum atomic E-state index is 11.9. The van der Waals surface area contributed by atoms with E-state index in [1.54, 1.807) is 38.1 Å². The van der Waals surface area contributed by atoms with Crippen molar-refractivity contribution in [2.45, 2.75) is 52.2 Å². The zero-order chi connectivity index (χ0) is 20.4. The molecule has 0 fully saturated rings. The van der Waals surface area contributed by atoms with Crippen molar-refractivity contribution in [3.8, 4) is 0 Å². The van der Waals surface area contributed by atoms with Crippen molar-refractivity contribution in [2.75, 3.05) is 6.54 Å². The van der Waals surface area contributed by atoms with E-state index in [0.717, 1.165) is 0 Å². The van der Waals surface area contributed by atoms with Gasteiger partial charge in [0.25, 0.3) is 6.29 Å². The number of rotatable bonds is 10. The molecule has 1 amide bonds. The molecule has 0 aliphatic heterocycles. The minimum atomic E-state index is -0.999. The van der Waals surface area contributed by atoms with Crippen molar-refractivity contribution in [3.63, 3.8) is 0 Å². The van der Waals surface area contributed by atoms with E-state index < -0.39 is 30.2 Å². The van der Waals surface area contributed by atoms with Crippen LogP contribution in [0.3, 0.4) is 0 Å². The molecule has 2 unspecified atom stereocenters. The van der Waals surface area contributed by atoms with E-state index in [0.29, 0.717) is 17.0 Å². The number of benzene rings is 1. The van der Waals surface area contributed by atoms with Crippen LogP contribution < -0.4 is 5.32 Å². The van der Waals surface area contributed by atoms with Crippen molar-refractivity contribution in [1.29, 1.82) is 0 Å². The Labute approximate surface area is 164 Å². The van der Waals surface area contributed by atoms with Gasteiger partial charge in [0.1, 0.15) is 0 Å². The maximum Gasteiger partial charge on any atom is 0.410 e. The van der Waals surface area contributed by atoms with E-state index in [1.807, 2.05) is 6.92 Å². The molecule has 0 radical (unpaired) electrons. The Balaban J connectivity index is 2.54. The number of nitrogens with one attached hydrogen (secondary N) is 1. The number of carboxylic acids is 1. The molecule has 27 heavy (non-hydrogen) atoms. The third-order valence-electron chi connectivity index (χ3n) is 3.74. The number of carboxylic acid groups (broad SMARTS) is 1. The fraction of sp³-hybridized carbons (Fsp3) is 0.526. The highest BCUT2D eigenvalue weighted by Gasteiger charge is 2.23. The molecule has 0 aliphatic rings. The Morgan fingerprint density at radius 3 is 2.30 bits per heavy atom. The van der Waals surface area contributed by atoms with E-state index in [1.165, 1.54) is 0 Å². The highest BCUT2D eigenvalue weighted by molar-refractivity contribution is 6.30. The van der Waals surface area contributed by atoms with Crippen LogP contribution in [0.1, 0.15) is 51.5 Å². The molecule has 2 atom stereocenters. The van der Waals surface area contributed by atoms with Crippen LogP contribution in [0.5, 0.6) is 0 Å². The molecule has 0 heterocycles. The van der Waals surface area contributed by atoms with Gasteiger partial charge in [0.05, 0.1) is 5.92 Å². The lowest BCUT2D eigenvalue weighted by atomic mass is 9.96. The van der Waals surface area contributed by atoms with Gasteiger partial charge in [0.2, 0.25) is 0 Å². The summed E-state index contributed by atoms with van der Waals surface area (Å²) in [5.74, 6) is -2.43. The number of hydrogen-bond acceptors (Lipinski definition) is 5. The number of halogens is 1. The number of esters is 1. The molecule has 0 saturated carbocycles. The summed E-state index contributed by atoms with van der Waals surface area (Å²) >= 11 is 5.81. The summed E-state index contributed by atoms with van der Waals surface area (Å²) in [5.41, 5.74) is 0.593. The summed E-state index contributed by atoms with van der Waals surface area (Å²) < 4.78 is 10.3. The molecular weight excluding hydrogens is 374 g/mol. The molecule has 150 valence electrons. The Bertz CT molecular complexity index is 632. The maximum absolute atomic E-state index is 11.9. The monoisotopic (exact) mass is 399 g/mol. The zero-order valence-electron chi connectivity index (χ0n) is 15.7. The number of carbonyl (C=O) groups excluding carboxylic acids is 2. The lowest BCUT2D eigenvalue weighted by Crippen LogP contribution is -2.35. The summed E-state index contributed by atoms with van der Waals surface area (Å²) in [6, 6.07) is 6.52. The average molecular weight is 400 g/mol. The lowest BCUT2D eigenvalue weighted by molar-refractivity contribution is -0.175. The standard InChI is InChI=1S/C19H26ClNO6/c1-4-5-16(22)26-18(12(2)3)27-19(25)21-11-10-15(17(23)24)13-6-8-14(20)9-7-13/h6-9,12,15,18H,4-5,10-11H2,1-3H3,(H,21,25)(H,23,24). The van der Waals surface area contributed by atoms with Crippen molar-refractivity contribution < 1.29 is 29.0 Å². The number of alkyl carbamates (subject to hydrolysis) is 1. The van der Waals surface area contributed by atoms with Gasteiger partial charge in [-0.15, -0.1) is 0 Å². The summed E-state index contributed by atoms with van der Waals surface area (Å²) in [6.07, 6.45) is -0.699. The molecule has 0 saturated heterocycles. The second kappa shape index (κ2) is 11.4. The van der Waals surface area contributed by atoms with Crippen molar-refractivity contribution in [3.05, 3.63) is 34.9 Å². The zero-order valence-corrected chi connectivity index (χ0v) is 16.5. The second-order valence-corrected chi connectivity index (χ2v) is 6.85. The van der Waals surface area contributed by atoms with Gasteiger partial charge in [-0.3, -0.25) is 9.59 Å². The Hall–Kier alpha value is -2.28. The van der Waals surface area contributed by atoms with Crippen LogP contribution in [0, 0.1) is 5.92 Å². The van der Waals surface area contributed by atoms with Gasteiger partial charge >= 0.3 is 18.0 Å². The smallest absolute Gasteiger partial charge is 0.410 e. The summed E-state index contributed by atoms with van der Waals surface area (Å²) in [5, 5.41) is 12.4. The highest BCUT2D eigenvalue weighted by Crippen LogP contribution is 2.21. The van der Waals surface area contributed by atoms with Gasteiger partial charge in [-0.05, 0) is 30.5 Å². The van der Waals surface area contributed by atoms with Gasteiger partial charge in [0, 0.05) is 23.9 Å². The number of amides is 1. The topological polar surface area (TPSA) is 102 Å². The molecule has 8 heteroatoms. The minimum absolute atomic E-state index is 0.0894. The SMILES string of the molecule is CCCC(=O)OC(OC(=O)NCCC(C(=O)O)c1ccc(Cl)cc1)C(C)C. The number of aliphatic carboxylic acids is 1. The van der Waals surface area contributed by atoms with Crippen LogP contribution in [-0.2, 0) is 19.1 Å². The molecule has 2 N–H and O–H groups in total. The first kappa shape index (κ1) is 22.8. The molecule has 1 aromatic rings. The predicted molar refractivity (Wildman–Crippen MR) is 101 cm³/mol. The van der Waals surface area contributed by atoms with Crippen LogP contribution in [0.2, 0.25) is 5.02 Å². The normalized spacial score (nSPS) is 12.9. The molecule has 0 aliphatic carbocycles. The molecule has 0 aromatic heterocycles. The van der Waals surface area contributed by atoms with E-state index in [4.69, 9.17) is 21.1 Å². The van der Waals surface area contributed by atoms with E-state index in [9.17, 15) is 19.5 Å². The molecule has 7 nitrogen and oxygen atoms in total. The van der Waals surface area contributed by atoms with Gasteiger partial charge in [-0.25, -0.2) is 4.79 Å². The molecule has 1 aromatic carbocycles. The van der Waals surface area contributed by atoms with E-state index >= 15 is 0 Å². The van der Waals surface area contributed by atoms with E-state index in [2.05, 4.69) is 5.32 Å². The van der Waals surface area contributed by atoms with Gasteiger partial charge in [0.15, 0.2) is 0 Å². The quantitative estimate of drug-likeness (QED) is 0.456. The largest absolute Gasteiger partial charge is 0.481 e. The first-order chi connectivity index (χ1) is 12.7. The second-order valence-electron chi connectivity index (χ2n) is 6.42. The first-order valence-electron chi connectivity index (χ1n) is 8.86. The molecular formula is C19H26ClNO6. The summed E-state index contributed by atoms with van der Waals surface area (Å²) in [6.45, 7) is 5.46. The number of hydrogen-bond donors (Lipinski definition) is 2. The Morgan fingerprint density at radius 2 is 1.78 bits per heavy atom. The molecule has 1 rings (SSSR count). The van der Waals surface area contributed by atoms with Gasteiger partial charge in [-0.2, -0.15) is 0 Å². The third kappa shape index (κ3) is 8.30. The van der Waals surface area contributed by atoms with Gasteiger partial charge < -0.3 is 19.9 Å². The lowest BCUT2D eigenvalue weighted by Gasteiger charge is -2.21. The third-order valence-corrected chi connectivity index (χ3v) is 3.99. The van der Waals surface area contributed by atoms with Crippen molar-refractivity contribution in [2.24, 2.45) is 5.92 Å². The molecule has 0 spiro atoms. The highest BCUT2D eigenvalue weighted by atomic mass is 35.5. The number of carbonyl (C=O) groups is 3. The average Bonchev–Trinajstić information content (AvgIpc) is 2.59. The van der Waals surface area contributed by atoms with Crippen LogP contribution in [-0.4, -0.2) is 36.0 Å². The fourth-order valence-electron chi connectivity index (χ4n) is 2.28. The predicted octanol–water partition coefficient (Wildman–Crippen LogP) is 3.95. The minimum Gasteiger partial charge on any atom is -0.481 e. The fourth-order valence-corrected chi connectivity index (χ4v) is 2.41. The van der Waals surface area contributed by atoms with Crippen molar-refractivity contribution >= 4 is 29.6 Å². The number of ether oxygens (including phenoxy) is 2. The summed E-state index contributed by atoms with van der Waals surface area (Å²) in [7, 11) is 0. The van der Waals surface area contributed by atoms with E-state index in [-0.39, 0.29) is 25.3 Å². The first-order valence-corrected chi connectivity index (χ1v) is 9.24. The Morgan fingerprint density at radius 1 is 1.15 bits per heavy atom. The molecule has 0 bridgehead atoms. The van der Waals surface area contributed by atoms with Gasteiger partial charge in [-0.1, -0.05) is 44.5 Å². The van der Waals surface area contributed by atoms with Crippen LogP contribution in [0.15, 0.2) is 24.3 Å². The van der Waals surface area contributed by atoms with Crippen LogP contribution in [0.4, 0.5) is 4.79 Å². The van der Waals surface area contributed by atoms with Crippen LogP contribution in [0.25, 0.3) is 0 Å². The van der Waals surface area contributed by atoms with Crippen molar-refractivity contribution in [1.82, 2.24) is 5.32 Å².